The molecule has 21 heavy (non-hydrogen) atoms. The number of hydrogen-bond donors (Lipinski definition) is 0. The van der Waals surface area contributed by atoms with E-state index < -0.39 is 5.63 Å². The Hall–Kier alpha value is -2.20. The molecule has 0 aliphatic carbocycles. The second kappa shape index (κ2) is 5.66. The minimum absolute atomic E-state index is 0.0737. The summed E-state index contributed by atoms with van der Waals surface area (Å²) in [6.45, 7) is 0. The van der Waals surface area contributed by atoms with E-state index in [0.29, 0.717) is 5.58 Å². The highest BCUT2D eigenvalue weighted by atomic mass is 79.9. The second-order valence-electron chi connectivity index (χ2n) is 4.62. The van der Waals surface area contributed by atoms with E-state index in [1.807, 2.05) is 42.5 Å². The Bertz CT molecular complexity index is 866. The van der Waals surface area contributed by atoms with Gasteiger partial charge in [0.2, 0.25) is 0 Å². The Morgan fingerprint density at radius 2 is 1.76 bits per heavy atom. The van der Waals surface area contributed by atoms with Gasteiger partial charge in [0, 0.05) is 5.39 Å². The minimum atomic E-state index is -0.598. The number of fused-ring (bicyclic) bond motifs is 1. The average molecular weight is 343 g/mol. The zero-order valence-corrected chi connectivity index (χ0v) is 12.6. The van der Waals surface area contributed by atoms with E-state index in [1.165, 1.54) is 0 Å². The molecule has 0 saturated heterocycles. The van der Waals surface area contributed by atoms with Gasteiger partial charge >= 0.3 is 5.63 Å². The third-order valence-corrected chi connectivity index (χ3v) is 3.77. The highest BCUT2D eigenvalue weighted by Crippen LogP contribution is 2.24. The predicted molar refractivity (Wildman–Crippen MR) is 86.0 cm³/mol. The van der Waals surface area contributed by atoms with Crippen LogP contribution in [0.1, 0.15) is 10.4 Å². The molecule has 0 aliphatic heterocycles. The van der Waals surface area contributed by atoms with Crippen LogP contribution in [0.5, 0.6) is 0 Å². The van der Waals surface area contributed by atoms with Crippen LogP contribution in [0.4, 0.5) is 0 Å². The van der Waals surface area contributed by atoms with E-state index in [1.54, 1.807) is 12.1 Å². The van der Waals surface area contributed by atoms with Crippen LogP contribution in [-0.2, 0) is 0 Å². The maximum atomic E-state index is 11.8. The van der Waals surface area contributed by atoms with Gasteiger partial charge in [0.25, 0.3) is 0 Å². The fourth-order valence-electron chi connectivity index (χ4n) is 2.20. The van der Waals surface area contributed by atoms with Gasteiger partial charge in [-0.3, -0.25) is 4.79 Å². The lowest BCUT2D eigenvalue weighted by molar-refractivity contribution is 0.102. The fourth-order valence-corrected chi connectivity index (χ4v) is 2.50. The first-order valence-corrected chi connectivity index (χ1v) is 7.53. The SMILES string of the molecule is O=C(CBr)c1cc2cc(-c3ccccc3)ccc2oc1=O. The normalized spacial score (nSPS) is 10.7. The van der Waals surface area contributed by atoms with Crippen molar-refractivity contribution in [3.8, 4) is 11.1 Å². The van der Waals surface area contributed by atoms with Crippen LogP contribution in [-0.4, -0.2) is 11.1 Å². The quantitative estimate of drug-likeness (QED) is 0.410. The summed E-state index contributed by atoms with van der Waals surface area (Å²) in [6.07, 6.45) is 0. The number of hydrogen-bond acceptors (Lipinski definition) is 3. The van der Waals surface area contributed by atoms with Crippen LogP contribution in [0, 0.1) is 0 Å². The van der Waals surface area contributed by atoms with E-state index in [0.717, 1.165) is 16.5 Å². The lowest BCUT2D eigenvalue weighted by atomic mass is 10.0. The molecule has 0 atom stereocenters. The zero-order chi connectivity index (χ0) is 14.8. The van der Waals surface area contributed by atoms with Crippen LogP contribution in [0.25, 0.3) is 22.1 Å². The lowest BCUT2D eigenvalue weighted by Crippen LogP contribution is -2.14. The van der Waals surface area contributed by atoms with E-state index in [2.05, 4.69) is 15.9 Å². The Morgan fingerprint density at radius 3 is 2.48 bits per heavy atom. The zero-order valence-electron chi connectivity index (χ0n) is 11.0. The molecule has 0 N–H and O–H groups in total. The molecule has 0 amide bonds. The van der Waals surface area contributed by atoms with Crippen molar-refractivity contribution in [2.24, 2.45) is 0 Å². The Labute approximate surface area is 129 Å². The number of carbonyl (C=O) groups is 1. The van der Waals surface area contributed by atoms with Crippen LogP contribution in [0.3, 0.4) is 0 Å². The molecule has 104 valence electrons. The molecular formula is C17H11BrO3. The molecule has 0 saturated carbocycles. The molecule has 3 nitrogen and oxygen atoms in total. The summed E-state index contributed by atoms with van der Waals surface area (Å²) in [5.41, 5.74) is 2.03. The van der Waals surface area contributed by atoms with Gasteiger partial charge in [-0.15, -0.1) is 0 Å². The number of alkyl halides is 1. The number of benzene rings is 2. The maximum absolute atomic E-state index is 11.8. The van der Waals surface area contributed by atoms with Crippen molar-refractivity contribution >= 4 is 32.7 Å². The van der Waals surface area contributed by atoms with Gasteiger partial charge in [-0.05, 0) is 29.3 Å². The smallest absolute Gasteiger partial charge is 0.347 e. The number of Topliss-reactive ketones (excluding diaryl/α,β-unsaturated/α-hetero) is 1. The number of carbonyl (C=O) groups excluding carboxylic acids is 1. The molecule has 3 aromatic rings. The maximum Gasteiger partial charge on any atom is 0.347 e. The minimum Gasteiger partial charge on any atom is -0.422 e. The molecule has 0 fully saturated rings. The van der Waals surface area contributed by atoms with Gasteiger partial charge in [0.1, 0.15) is 11.1 Å². The van der Waals surface area contributed by atoms with E-state index in [4.69, 9.17) is 4.42 Å². The largest absolute Gasteiger partial charge is 0.422 e. The van der Waals surface area contributed by atoms with Crippen LogP contribution in [0.2, 0.25) is 0 Å². The lowest BCUT2D eigenvalue weighted by Gasteiger charge is -2.04. The molecule has 2 aromatic carbocycles. The molecular weight excluding hydrogens is 332 g/mol. The third kappa shape index (κ3) is 2.67. The molecule has 3 rings (SSSR count). The van der Waals surface area contributed by atoms with Crippen molar-refractivity contribution in [2.75, 3.05) is 5.33 Å². The summed E-state index contributed by atoms with van der Waals surface area (Å²) in [7, 11) is 0. The molecule has 0 bridgehead atoms. The van der Waals surface area contributed by atoms with Gasteiger partial charge in [0.15, 0.2) is 5.78 Å². The molecule has 0 radical (unpaired) electrons. The van der Waals surface area contributed by atoms with Crippen molar-refractivity contribution < 1.29 is 9.21 Å². The molecule has 1 aromatic heterocycles. The topological polar surface area (TPSA) is 47.3 Å². The third-order valence-electron chi connectivity index (χ3n) is 3.26. The van der Waals surface area contributed by atoms with E-state index >= 15 is 0 Å². The Balaban J connectivity index is 2.19. The van der Waals surface area contributed by atoms with Crippen molar-refractivity contribution in [1.82, 2.24) is 0 Å². The second-order valence-corrected chi connectivity index (χ2v) is 5.18. The predicted octanol–water partition coefficient (Wildman–Crippen LogP) is 4.04. The summed E-state index contributed by atoms with van der Waals surface area (Å²) >= 11 is 3.07. The van der Waals surface area contributed by atoms with Gasteiger partial charge in [-0.2, -0.15) is 0 Å². The number of rotatable bonds is 3. The van der Waals surface area contributed by atoms with Crippen molar-refractivity contribution in [2.45, 2.75) is 0 Å². The molecule has 1 heterocycles. The first-order valence-electron chi connectivity index (χ1n) is 6.41. The van der Waals surface area contributed by atoms with Crippen LogP contribution < -0.4 is 5.63 Å². The molecule has 0 aliphatic rings. The van der Waals surface area contributed by atoms with Gasteiger partial charge in [0.05, 0.1) is 5.33 Å². The van der Waals surface area contributed by atoms with Crippen molar-refractivity contribution in [3.63, 3.8) is 0 Å². The first kappa shape index (κ1) is 13.8. The molecule has 0 unspecified atom stereocenters. The Kier molecular flexibility index (Phi) is 3.71. The standard InChI is InChI=1S/C17H11BrO3/c18-10-15(19)14-9-13-8-12(11-4-2-1-3-5-11)6-7-16(13)21-17(14)20/h1-9H,10H2. The van der Waals surface area contributed by atoms with E-state index in [9.17, 15) is 9.59 Å². The van der Waals surface area contributed by atoms with Crippen LogP contribution in [0.15, 0.2) is 63.8 Å². The highest BCUT2D eigenvalue weighted by molar-refractivity contribution is 9.09. The summed E-state index contributed by atoms with van der Waals surface area (Å²) in [5.74, 6) is -0.282. The number of ketones is 1. The van der Waals surface area contributed by atoms with Gasteiger partial charge in [-0.1, -0.05) is 52.3 Å². The summed E-state index contributed by atoms with van der Waals surface area (Å²) in [6, 6.07) is 17.0. The number of halogens is 1. The van der Waals surface area contributed by atoms with Gasteiger partial charge < -0.3 is 4.42 Å². The fraction of sp³-hybridized carbons (Fsp3) is 0.0588. The Morgan fingerprint density at radius 1 is 1.00 bits per heavy atom. The molecule has 0 spiro atoms. The van der Waals surface area contributed by atoms with E-state index in [-0.39, 0.29) is 16.7 Å². The monoisotopic (exact) mass is 342 g/mol. The van der Waals surface area contributed by atoms with Crippen LogP contribution >= 0.6 is 15.9 Å². The van der Waals surface area contributed by atoms with Crippen molar-refractivity contribution in [3.05, 3.63) is 70.6 Å². The average Bonchev–Trinajstić information content (AvgIpc) is 2.54. The molecule has 4 heteroatoms. The van der Waals surface area contributed by atoms with Gasteiger partial charge in [-0.25, -0.2) is 4.79 Å². The highest BCUT2D eigenvalue weighted by Gasteiger charge is 2.12. The first-order chi connectivity index (χ1) is 10.2. The summed E-state index contributed by atoms with van der Waals surface area (Å²) < 4.78 is 5.21. The van der Waals surface area contributed by atoms with Crippen molar-refractivity contribution in [1.29, 1.82) is 0 Å². The summed E-state index contributed by atoms with van der Waals surface area (Å²) in [4.78, 5) is 23.5. The summed E-state index contributed by atoms with van der Waals surface area (Å²) in [5, 5.41) is 0.835.